The minimum absolute atomic E-state index is 0.0624. The van der Waals surface area contributed by atoms with E-state index in [1.807, 2.05) is 0 Å². The minimum atomic E-state index is -0.961. The predicted octanol–water partition coefficient (Wildman–Crippen LogP) is 13.1. The van der Waals surface area contributed by atoms with Gasteiger partial charge in [0.05, 0.1) is 0 Å². The molecule has 0 spiro atoms. The summed E-state index contributed by atoms with van der Waals surface area (Å²) in [6.45, 7) is 11.9. The highest BCUT2D eigenvalue weighted by molar-refractivity contribution is 4.80. The molecule has 0 aromatic heterocycles. The first kappa shape index (κ1) is 43.8. The van der Waals surface area contributed by atoms with Crippen LogP contribution < -0.4 is 0 Å². The molecule has 0 saturated heterocycles. The average molecular weight is 639 g/mol. The van der Waals surface area contributed by atoms with E-state index in [0.717, 1.165) is 25.7 Å². The number of aliphatic hydroxyl groups is 2. The Hall–Kier alpha value is -1.20. The van der Waals surface area contributed by atoms with Crippen LogP contribution >= 0.6 is 0 Å². The Morgan fingerprint density at radius 2 is 0.578 bits per heavy atom. The summed E-state index contributed by atoms with van der Waals surface area (Å²) in [5, 5.41) is 20.3. The van der Waals surface area contributed by atoms with Gasteiger partial charge in [-0.25, -0.2) is 0 Å². The van der Waals surface area contributed by atoms with Crippen molar-refractivity contribution in [2.45, 2.75) is 232 Å². The SMILES string of the molecule is C=C(OC(=C)OC(O)CCCCCCCCCCCCCCCCC)OC(O)CCCCCCCCCCCCCCCCC. The van der Waals surface area contributed by atoms with Gasteiger partial charge in [0.25, 0.3) is 11.9 Å². The van der Waals surface area contributed by atoms with Crippen LogP contribution in [-0.4, -0.2) is 22.8 Å². The van der Waals surface area contributed by atoms with Crippen molar-refractivity contribution in [3.05, 3.63) is 25.0 Å². The molecule has 0 aromatic carbocycles. The summed E-state index contributed by atoms with van der Waals surface area (Å²) < 4.78 is 16.0. The van der Waals surface area contributed by atoms with Gasteiger partial charge in [-0.15, -0.1) is 0 Å². The van der Waals surface area contributed by atoms with Crippen LogP contribution in [0, 0.1) is 0 Å². The zero-order valence-corrected chi connectivity index (χ0v) is 30.3. The maximum Gasteiger partial charge on any atom is 0.281 e. The van der Waals surface area contributed by atoms with Gasteiger partial charge >= 0.3 is 0 Å². The molecule has 0 aliphatic carbocycles. The second kappa shape index (κ2) is 35.7. The van der Waals surface area contributed by atoms with E-state index in [4.69, 9.17) is 14.2 Å². The fourth-order valence-electron chi connectivity index (χ4n) is 5.98. The summed E-state index contributed by atoms with van der Waals surface area (Å²) in [5.74, 6) is -0.125. The lowest BCUT2D eigenvalue weighted by Gasteiger charge is -2.18. The van der Waals surface area contributed by atoms with Crippen molar-refractivity contribution in [1.29, 1.82) is 0 Å². The lowest BCUT2D eigenvalue weighted by molar-refractivity contribution is -0.150. The fraction of sp³-hybridized carbons (Fsp3) is 0.900. The third-order valence-corrected chi connectivity index (χ3v) is 8.87. The lowest BCUT2D eigenvalue weighted by atomic mass is 10.0. The molecule has 5 heteroatoms. The van der Waals surface area contributed by atoms with Crippen LogP contribution in [0.5, 0.6) is 0 Å². The molecule has 0 aromatic rings. The third-order valence-electron chi connectivity index (χ3n) is 8.87. The standard InChI is InChI=1S/C40H78O5/c1-5-7-9-11-13-15-17-19-21-23-25-27-29-31-33-35-39(41)44-37(3)43-38(4)45-40(42)36-34-32-30-28-26-24-22-20-18-16-14-12-10-8-6-2/h39-42H,3-36H2,1-2H3. The third kappa shape index (κ3) is 35.5. The summed E-state index contributed by atoms with van der Waals surface area (Å²) in [7, 11) is 0. The normalized spacial score (nSPS) is 12.6. The molecule has 0 heterocycles. The van der Waals surface area contributed by atoms with E-state index in [0.29, 0.717) is 12.8 Å². The van der Waals surface area contributed by atoms with E-state index in [9.17, 15) is 10.2 Å². The first-order chi connectivity index (χ1) is 22.0. The van der Waals surface area contributed by atoms with Crippen molar-refractivity contribution in [2.24, 2.45) is 0 Å². The molecule has 0 amide bonds. The van der Waals surface area contributed by atoms with Crippen LogP contribution in [0.4, 0.5) is 0 Å². The monoisotopic (exact) mass is 639 g/mol. The zero-order valence-electron chi connectivity index (χ0n) is 30.3. The van der Waals surface area contributed by atoms with Gasteiger partial charge in [-0.2, -0.15) is 0 Å². The van der Waals surface area contributed by atoms with Gasteiger partial charge in [0.15, 0.2) is 0 Å². The molecule has 0 fully saturated rings. The summed E-state index contributed by atoms with van der Waals surface area (Å²) >= 11 is 0. The summed E-state index contributed by atoms with van der Waals surface area (Å²) in [6.07, 6.45) is 38.5. The molecule has 2 atom stereocenters. The molecular formula is C40H78O5. The van der Waals surface area contributed by atoms with Gasteiger partial charge in [-0.1, -0.05) is 194 Å². The number of rotatable bonds is 38. The number of hydrogen-bond donors (Lipinski definition) is 2. The first-order valence-corrected chi connectivity index (χ1v) is 19.7. The maximum absolute atomic E-state index is 10.1. The van der Waals surface area contributed by atoms with E-state index in [2.05, 4.69) is 27.0 Å². The predicted molar refractivity (Wildman–Crippen MR) is 193 cm³/mol. The quantitative estimate of drug-likeness (QED) is 0.0400. The fourth-order valence-corrected chi connectivity index (χ4v) is 5.98. The number of aliphatic hydroxyl groups excluding tert-OH is 2. The van der Waals surface area contributed by atoms with Crippen molar-refractivity contribution in [2.75, 3.05) is 0 Å². The van der Waals surface area contributed by atoms with Gasteiger partial charge in [0.1, 0.15) is 0 Å². The van der Waals surface area contributed by atoms with Crippen molar-refractivity contribution in [3.63, 3.8) is 0 Å². The molecule has 45 heavy (non-hydrogen) atoms. The Balaban J connectivity index is 3.50. The molecule has 0 rings (SSSR count). The number of unbranched alkanes of at least 4 members (excludes halogenated alkanes) is 28. The Bertz CT molecular complexity index is 570. The maximum atomic E-state index is 10.1. The van der Waals surface area contributed by atoms with Crippen LogP contribution in [0.1, 0.15) is 219 Å². The highest BCUT2D eigenvalue weighted by Gasteiger charge is 2.12. The van der Waals surface area contributed by atoms with E-state index in [1.54, 1.807) is 0 Å². The van der Waals surface area contributed by atoms with Crippen molar-refractivity contribution in [1.82, 2.24) is 0 Å². The van der Waals surface area contributed by atoms with Gasteiger partial charge in [0.2, 0.25) is 12.6 Å². The Morgan fingerprint density at radius 3 is 0.800 bits per heavy atom. The molecular weight excluding hydrogens is 560 g/mol. The summed E-state index contributed by atoms with van der Waals surface area (Å²) in [4.78, 5) is 0. The summed E-state index contributed by atoms with van der Waals surface area (Å²) in [6, 6.07) is 0. The van der Waals surface area contributed by atoms with E-state index in [-0.39, 0.29) is 11.9 Å². The second-order valence-electron chi connectivity index (χ2n) is 13.5. The van der Waals surface area contributed by atoms with Gasteiger partial charge < -0.3 is 24.4 Å². The van der Waals surface area contributed by atoms with E-state index in [1.165, 1.54) is 167 Å². The lowest BCUT2D eigenvalue weighted by Crippen LogP contribution is -2.15. The molecule has 268 valence electrons. The van der Waals surface area contributed by atoms with E-state index >= 15 is 0 Å². The van der Waals surface area contributed by atoms with Crippen LogP contribution in [0.15, 0.2) is 25.0 Å². The van der Waals surface area contributed by atoms with Crippen molar-refractivity contribution >= 4 is 0 Å². The minimum Gasteiger partial charge on any atom is -0.436 e. The van der Waals surface area contributed by atoms with Gasteiger partial charge in [0, 0.05) is 12.8 Å². The summed E-state index contributed by atoms with van der Waals surface area (Å²) in [5.41, 5.74) is 0. The smallest absolute Gasteiger partial charge is 0.281 e. The molecule has 0 aliphatic rings. The number of ether oxygens (including phenoxy) is 3. The largest absolute Gasteiger partial charge is 0.436 e. The zero-order chi connectivity index (χ0) is 33.1. The molecule has 5 nitrogen and oxygen atoms in total. The Kier molecular flexibility index (Phi) is 34.7. The van der Waals surface area contributed by atoms with Gasteiger partial charge in [-0.3, -0.25) is 0 Å². The van der Waals surface area contributed by atoms with E-state index < -0.39 is 12.6 Å². The van der Waals surface area contributed by atoms with Crippen LogP contribution in [0.25, 0.3) is 0 Å². The van der Waals surface area contributed by atoms with Crippen molar-refractivity contribution in [3.8, 4) is 0 Å². The molecule has 2 unspecified atom stereocenters. The molecule has 0 aliphatic heterocycles. The molecule has 0 bridgehead atoms. The highest BCUT2D eigenvalue weighted by atomic mass is 16.8. The Labute approximate surface area is 281 Å². The second-order valence-corrected chi connectivity index (χ2v) is 13.5. The Morgan fingerprint density at radius 1 is 0.378 bits per heavy atom. The van der Waals surface area contributed by atoms with Gasteiger partial charge in [-0.05, 0) is 26.0 Å². The molecule has 2 N–H and O–H groups in total. The number of hydrogen-bond acceptors (Lipinski definition) is 5. The highest BCUT2D eigenvalue weighted by Crippen LogP contribution is 2.18. The van der Waals surface area contributed by atoms with Crippen LogP contribution in [-0.2, 0) is 14.2 Å². The molecule has 0 radical (unpaired) electrons. The van der Waals surface area contributed by atoms with Crippen molar-refractivity contribution < 1.29 is 24.4 Å². The van der Waals surface area contributed by atoms with Crippen LogP contribution in [0.3, 0.4) is 0 Å². The van der Waals surface area contributed by atoms with Crippen LogP contribution in [0.2, 0.25) is 0 Å². The average Bonchev–Trinajstić information content (AvgIpc) is 3.00. The first-order valence-electron chi connectivity index (χ1n) is 19.7. The molecule has 0 saturated carbocycles. The topological polar surface area (TPSA) is 68.2 Å².